The fourth-order valence-electron chi connectivity index (χ4n) is 10.4. The number of aryl methyl sites for hydroxylation is 1. The van der Waals surface area contributed by atoms with Crippen molar-refractivity contribution in [2.75, 3.05) is 9.80 Å². The van der Waals surface area contributed by atoms with Crippen molar-refractivity contribution in [1.29, 1.82) is 0 Å². The number of hydrogen-bond donors (Lipinski definition) is 0. The Balaban J connectivity index is 1.14. The standard InChI is InChI=1S/C59H64N2O2/c1-14-58(10,11)36(3)60(40-20-16-38(17-21-40)56(4,5)6)42-24-26-44-46-31-37-29-30-59(12,13)54-52(37)47(55(46)63-49(44)32-42)34-51-53(54)45-27-25-43(33-50(45)62-51)61(48-28-15-35(48)2)41-22-18-39(19-23-41)57(7,8)9/h14,16-28,31-36H,1,15,29-30H2,2-13H3/t35-,36+/m1/s1. The van der Waals surface area contributed by atoms with Gasteiger partial charge in [-0.3, -0.25) is 0 Å². The summed E-state index contributed by atoms with van der Waals surface area (Å²) in [6.07, 6.45) is 7.63. The highest BCUT2D eigenvalue weighted by Crippen LogP contribution is 2.52. The molecule has 63 heavy (non-hydrogen) atoms. The Kier molecular flexibility index (Phi) is 9.26. The van der Waals surface area contributed by atoms with Gasteiger partial charge in [-0.2, -0.15) is 0 Å². The first-order valence-electron chi connectivity index (χ1n) is 23.2. The molecule has 4 heteroatoms. The van der Waals surface area contributed by atoms with E-state index < -0.39 is 0 Å². The van der Waals surface area contributed by atoms with Crippen LogP contribution in [0.2, 0.25) is 0 Å². The van der Waals surface area contributed by atoms with Crippen LogP contribution in [-0.4, -0.2) is 6.04 Å². The third-order valence-corrected chi connectivity index (χ3v) is 15.0. The van der Waals surface area contributed by atoms with Crippen molar-refractivity contribution in [2.45, 2.75) is 125 Å². The number of hydrogen-bond acceptors (Lipinski definition) is 4. The molecular weight excluding hydrogens is 769 g/mol. The maximum atomic E-state index is 7.10. The summed E-state index contributed by atoms with van der Waals surface area (Å²) in [6.45, 7) is 31.9. The Morgan fingerprint density at radius 3 is 1.84 bits per heavy atom. The van der Waals surface area contributed by atoms with E-state index in [0.29, 0.717) is 5.92 Å². The highest BCUT2D eigenvalue weighted by molar-refractivity contribution is 6.23. The van der Waals surface area contributed by atoms with Crippen LogP contribution >= 0.6 is 0 Å². The van der Waals surface area contributed by atoms with E-state index in [1.165, 1.54) is 55.2 Å². The summed E-state index contributed by atoms with van der Waals surface area (Å²) in [7, 11) is 0. The van der Waals surface area contributed by atoms with Crippen LogP contribution in [0.4, 0.5) is 22.7 Å². The van der Waals surface area contributed by atoms with E-state index in [1.54, 1.807) is 0 Å². The fourth-order valence-corrected chi connectivity index (χ4v) is 10.4. The maximum absolute atomic E-state index is 7.10. The van der Waals surface area contributed by atoms with Gasteiger partial charge in [0.05, 0.1) is 0 Å². The topological polar surface area (TPSA) is 32.8 Å². The molecule has 0 aliphatic heterocycles. The number of allylic oxidation sites excluding steroid dienone is 2. The number of anilines is 4. The quantitative estimate of drug-likeness (QED) is 0.143. The summed E-state index contributed by atoms with van der Waals surface area (Å²) in [6, 6.07) is 36.7. The van der Waals surface area contributed by atoms with Crippen LogP contribution in [0.3, 0.4) is 0 Å². The molecule has 0 N–H and O–H groups in total. The number of benzene rings is 6. The first kappa shape index (κ1) is 41.3. The highest BCUT2D eigenvalue weighted by Gasteiger charge is 2.35. The van der Waals surface area contributed by atoms with Crippen LogP contribution in [-0.2, 0) is 22.7 Å². The molecule has 322 valence electrons. The molecule has 0 fully saturated rings. The van der Waals surface area contributed by atoms with Crippen molar-refractivity contribution < 1.29 is 8.83 Å². The lowest BCUT2D eigenvalue weighted by Crippen LogP contribution is -2.39. The molecule has 0 amide bonds. The molecule has 0 radical (unpaired) electrons. The lowest BCUT2D eigenvalue weighted by atomic mass is 9.70. The lowest BCUT2D eigenvalue weighted by molar-refractivity contribution is 0.390. The first-order valence-corrected chi connectivity index (χ1v) is 23.2. The normalized spacial score (nSPS) is 17.1. The van der Waals surface area contributed by atoms with E-state index in [-0.39, 0.29) is 27.7 Å². The van der Waals surface area contributed by atoms with Gasteiger partial charge in [0.2, 0.25) is 0 Å². The van der Waals surface area contributed by atoms with Gasteiger partial charge in [-0.05, 0) is 137 Å². The largest absolute Gasteiger partial charge is 0.456 e. The minimum Gasteiger partial charge on any atom is -0.456 e. The summed E-state index contributed by atoms with van der Waals surface area (Å²) in [5.41, 5.74) is 14.9. The SMILES string of the molecule is C=CC(C)(C)[C@H](C)N(c1ccc(C(C)(C)C)cc1)c1ccc2c(c1)oc1c3cc4oc5cc(N(C6=CC[C@H]6C)c6ccc(C(C)(C)C)cc6)ccc5c4c4c3c(cc21)CCC4(C)C. The summed E-state index contributed by atoms with van der Waals surface area (Å²) < 4.78 is 14.1. The third-order valence-electron chi connectivity index (χ3n) is 15.0. The molecule has 10 rings (SSSR count). The van der Waals surface area contributed by atoms with Gasteiger partial charge in [0.25, 0.3) is 0 Å². The molecule has 8 aromatic rings. The van der Waals surface area contributed by atoms with Crippen molar-refractivity contribution in [1.82, 2.24) is 0 Å². The van der Waals surface area contributed by atoms with Crippen molar-refractivity contribution in [3.05, 3.63) is 144 Å². The van der Waals surface area contributed by atoms with Crippen LogP contribution in [0.5, 0.6) is 0 Å². The molecule has 0 spiro atoms. The predicted molar refractivity (Wildman–Crippen MR) is 270 cm³/mol. The smallest absolute Gasteiger partial charge is 0.143 e. The van der Waals surface area contributed by atoms with Gasteiger partial charge in [0.15, 0.2) is 0 Å². The van der Waals surface area contributed by atoms with Gasteiger partial charge in [0.1, 0.15) is 22.3 Å². The molecule has 6 aromatic carbocycles. The van der Waals surface area contributed by atoms with E-state index >= 15 is 0 Å². The van der Waals surface area contributed by atoms with E-state index in [2.05, 4.69) is 209 Å². The first-order chi connectivity index (χ1) is 29.7. The maximum Gasteiger partial charge on any atom is 0.143 e. The summed E-state index contributed by atoms with van der Waals surface area (Å²) in [5.74, 6) is 0.486. The zero-order valence-corrected chi connectivity index (χ0v) is 39.6. The van der Waals surface area contributed by atoms with Gasteiger partial charge < -0.3 is 18.6 Å². The van der Waals surface area contributed by atoms with Crippen molar-refractivity contribution >= 4 is 77.4 Å². The van der Waals surface area contributed by atoms with Crippen LogP contribution in [0.15, 0.2) is 130 Å². The van der Waals surface area contributed by atoms with Crippen LogP contribution in [0, 0.1) is 11.3 Å². The van der Waals surface area contributed by atoms with E-state index in [4.69, 9.17) is 8.83 Å². The number of rotatable bonds is 8. The molecule has 2 heterocycles. The summed E-state index contributed by atoms with van der Waals surface area (Å²) in [5, 5.41) is 7.18. The van der Waals surface area contributed by atoms with E-state index in [9.17, 15) is 0 Å². The van der Waals surface area contributed by atoms with Gasteiger partial charge in [-0.1, -0.05) is 113 Å². The molecular formula is C59H64N2O2. The van der Waals surface area contributed by atoms with Gasteiger partial charge in [-0.25, -0.2) is 0 Å². The highest BCUT2D eigenvalue weighted by atomic mass is 16.3. The van der Waals surface area contributed by atoms with Gasteiger partial charge >= 0.3 is 0 Å². The van der Waals surface area contributed by atoms with Crippen LogP contribution in [0.25, 0.3) is 54.6 Å². The number of fused-ring (bicyclic) bond motifs is 8. The van der Waals surface area contributed by atoms with Crippen LogP contribution in [0.1, 0.15) is 118 Å². The minimum absolute atomic E-state index is 0.0583. The summed E-state index contributed by atoms with van der Waals surface area (Å²) in [4.78, 5) is 4.89. The Labute approximate surface area is 374 Å². The van der Waals surface area contributed by atoms with E-state index in [1.807, 2.05) is 0 Å². The van der Waals surface area contributed by atoms with Crippen molar-refractivity contribution in [3.63, 3.8) is 0 Å². The second-order valence-electron chi connectivity index (χ2n) is 22.2. The molecule has 2 aliphatic carbocycles. The van der Waals surface area contributed by atoms with Gasteiger partial charge in [0, 0.05) is 79.0 Å². The molecule has 0 unspecified atom stereocenters. The molecule has 2 aliphatic rings. The molecule has 2 aromatic heterocycles. The molecule has 2 atom stereocenters. The third kappa shape index (κ3) is 6.61. The predicted octanol–water partition coefficient (Wildman–Crippen LogP) is 17.3. The number of nitrogens with zero attached hydrogens (tertiary/aromatic N) is 2. The second kappa shape index (κ2) is 14.1. The molecule has 0 saturated carbocycles. The van der Waals surface area contributed by atoms with E-state index in [0.717, 1.165) is 69.4 Å². The molecule has 0 bridgehead atoms. The Morgan fingerprint density at radius 1 is 0.651 bits per heavy atom. The molecule has 0 saturated heterocycles. The zero-order chi connectivity index (χ0) is 44.5. The van der Waals surface area contributed by atoms with Crippen molar-refractivity contribution in [3.8, 4) is 0 Å². The Morgan fingerprint density at radius 2 is 1.24 bits per heavy atom. The Bertz CT molecular complexity index is 3150. The van der Waals surface area contributed by atoms with Crippen molar-refractivity contribution in [2.24, 2.45) is 11.3 Å². The zero-order valence-electron chi connectivity index (χ0n) is 39.6. The summed E-state index contributed by atoms with van der Waals surface area (Å²) >= 11 is 0. The molecule has 4 nitrogen and oxygen atoms in total. The fraction of sp³-hybridized carbons (Fsp3) is 0.356. The number of furan rings is 2. The minimum atomic E-state index is -0.156. The second-order valence-corrected chi connectivity index (χ2v) is 22.2. The average Bonchev–Trinajstić information content (AvgIpc) is 3.80. The Hall–Kier alpha value is -5.74. The lowest BCUT2D eigenvalue weighted by Gasteiger charge is -2.40. The van der Waals surface area contributed by atoms with Gasteiger partial charge in [-0.15, -0.1) is 6.58 Å². The monoisotopic (exact) mass is 832 g/mol. The average molecular weight is 833 g/mol. The van der Waals surface area contributed by atoms with Crippen LogP contribution < -0.4 is 9.80 Å².